The molecule has 11 nitrogen and oxygen atoms in total. The lowest BCUT2D eigenvalue weighted by atomic mass is 9.72. The Bertz CT molecular complexity index is 2370. The van der Waals surface area contributed by atoms with Gasteiger partial charge in [-0.15, -0.1) is 5.10 Å². The number of likely N-dealkylation sites (N-methyl/N-ethyl adjacent to an activating group) is 1. The van der Waals surface area contributed by atoms with Crippen LogP contribution < -0.4 is 9.04 Å². The SMILES string of the molecule is Cc1ccc(-c2cn(CCCOc3ccc(S(=O)(=O)N4c5ccccc5[C@@]5(c6ccc(C)cc6)C[C@@]67SS[C@@H](C(=O)N6[C@@H]45)N(C)C7=O)cc3)nn2)cc1. The molecule has 0 N–H and O–H groups in total. The number of nitrogens with zero attached hydrogens (tertiary/aromatic N) is 6. The minimum atomic E-state index is -4.26. The number of carbonyl (C=O) groups is 2. The molecule has 0 radical (unpaired) electrons. The number of anilines is 1. The Kier molecular flexibility index (Phi) is 7.95. The van der Waals surface area contributed by atoms with E-state index in [0.717, 1.165) is 27.9 Å². The number of hydrogen-bond acceptors (Lipinski definition) is 9. The molecular weight excluding hydrogens is 729 g/mol. The van der Waals surface area contributed by atoms with E-state index in [1.54, 1.807) is 47.0 Å². The van der Waals surface area contributed by atoms with Crippen LogP contribution in [-0.2, 0) is 31.6 Å². The van der Waals surface area contributed by atoms with E-state index >= 15 is 0 Å². The van der Waals surface area contributed by atoms with Gasteiger partial charge in [0.1, 0.15) is 17.6 Å². The standard InChI is InChI=1S/C39H36N6O5S3/c1-25-9-13-27(14-10-25)32-23-43(41-40-32)21-6-22-50-29-17-19-30(20-18-29)53(48,49)45-33-8-5-4-7-31(33)38(28-15-11-26(2)12-16-28)24-39-37(47)42(3)35(51-52-39)34(46)44(39)36(38)45/h4-5,7-20,23,35-36H,6,21-22,24H2,1-3H3/t35-,36-,38-,39-/m0/s1. The van der Waals surface area contributed by atoms with E-state index in [1.165, 1.54) is 36.4 Å². The molecule has 53 heavy (non-hydrogen) atoms. The molecule has 4 aromatic carbocycles. The number of ether oxygens (including phenoxy) is 1. The van der Waals surface area contributed by atoms with Crippen LogP contribution in [0, 0.1) is 13.8 Å². The highest BCUT2D eigenvalue weighted by atomic mass is 33.1. The summed E-state index contributed by atoms with van der Waals surface area (Å²) >= 11 is 0. The summed E-state index contributed by atoms with van der Waals surface area (Å²) in [4.78, 5) is 30.4. The number of carbonyl (C=O) groups excluding carboxylic acids is 2. The molecule has 2 amide bonds. The highest BCUT2D eigenvalue weighted by Gasteiger charge is 2.77. The van der Waals surface area contributed by atoms with Crippen molar-refractivity contribution in [3.8, 4) is 17.0 Å². The number of sulfonamides is 1. The van der Waals surface area contributed by atoms with Crippen LogP contribution in [0.4, 0.5) is 5.69 Å². The summed E-state index contributed by atoms with van der Waals surface area (Å²) in [6.07, 6.45) is 1.83. The van der Waals surface area contributed by atoms with Crippen LogP contribution in [0.1, 0.15) is 35.1 Å². The first-order chi connectivity index (χ1) is 25.5. The number of aromatic nitrogens is 3. The van der Waals surface area contributed by atoms with Gasteiger partial charge in [0.25, 0.3) is 21.8 Å². The van der Waals surface area contributed by atoms with Crippen molar-refractivity contribution in [3.05, 3.63) is 126 Å². The minimum Gasteiger partial charge on any atom is -0.494 e. The van der Waals surface area contributed by atoms with E-state index in [0.29, 0.717) is 31.0 Å². The van der Waals surface area contributed by atoms with Gasteiger partial charge in [0, 0.05) is 32.0 Å². The molecule has 0 saturated carbocycles. The summed E-state index contributed by atoms with van der Waals surface area (Å²) in [6.45, 7) is 5.04. The van der Waals surface area contributed by atoms with Crippen molar-refractivity contribution in [2.75, 3.05) is 18.0 Å². The van der Waals surface area contributed by atoms with Gasteiger partial charge >= 0.3 is 0 Å². The molecule has 1 aromatic heterocycles. The summed E-state index contributed by atoms with van der Waals surface area (Å²) in [5.74, 6) is 0.0894. The van der Waals surface area contributed by atoms with Gasteiger partial charge in [0.05, 0.1) is 28.8 Å². The second-order valence-corrected chi connectivity index (χ2v) is 18.4. The fraction of sp³-hybridized carbons (Fsp3) is 0.282. The molecule has 14 heteroatoms. The first-order valence-electron chi connectivity index (χ1n) is 17.4. The molecule has 5 aromatic rings. The van der Waals surface area contributed by atoms with Gasteiger partial charge in [-0.2, -0.15) is 0 Å². The van der Waals surface area contributed by atoms with Gasteiger partial charge in [0.2, 0.25) is 0 Å². The number of benzene rings is 4. The Hall–Kier alpha value is -4.79. The Morgan fingerprint density at radius 2 is 1.60 bits per heavy atom. The molecule has 270 valence electrons. The van der Waals surface area contributed by atoms with Gasteiger partial charge in [-0.3, -0.25) is 19.2 Å². The Morgan fingerprint density at radius 1 is 0.906 bits per heavy atom. The van der Waals surface area contributed by atoms with E-state index in [2.05, 4.69) is 10.3 Å². The first kappa shape index (κ1) is 34.0. The molecule has 5 aliphatic heterocycles. The zero-order valence-corrected chi connectivity index (χ0v) is 31.7. The van der Waals surface area contributed by atoms with Crippen LogP contribution in [0.3, 0.4) is 0 Å². The van der Waals surface area contributed by atoms with E-state index in [9.17, 15) is 18.0 Å². The van der Waals surface area contributed by atoms with Crippen molar-refractivity contribution >= 4 is 49.1 Å². The number of aryl methyl sites for hydroxylation is 3. The molecule has 4 saturated heterocycles. The molecule has 4 fully saturated rings. The fourth-order valence-corrected chi connectivity index (χ4v) is 13.3. The van der Waals surface area contributed by atoms with Crippen LogP contribution in [-0.4, -0.2) is 75.1 Å². The number of para-hydroxylation sites is 1. The summed E-state index contributed by atoms with van der Waals surface area (Å²) in [7, 11) is 0.145. The molecule has 10 rings (SSSR count). The van der Waals surface area contributed by atoms with E-state index in [-0.39, 0.29) is 23.1 Å². The predicted molar refractivity (Wildman–Crippen MR) is 205 cm³/mol. The van der Waals surface area contributed by atoms with Crippen LogP contribution in [0.25, 0.3) is 11.3 Å². The largest absolute Gasteiger partial charge is 0.494 e. The smallest absolute Gasteiger partial charge is 0.266 e. The monoisotopic (exact) mass is 764 g/mol. The third kappa shape index (κ3) is 5.05. The molecule has 0 unspecified atom stereocenters. The third-order valence-electron chi connectivity index (χ3n) is 10.8. The third-order valence-corrected chi connectivity index (χ3v) is 15.8. The van der Waals surface area contributed by atoms with Gasteiger partial charge in [0.15, 0.2) is 10.2 Å². The molecule has 5 aliphatic rings. The second kappa shape index (κ2) is 12.4. The van der Waals surface area contributed by atoms with Gasteiger partial charge in [-0.1, -0.05) is 105 Å². The van der Waals surface area contributed by atoms with Crippen molar-refractivity contribution in [1.29, 1.82) is 0 Å². The molecule has 6 heterocycles. The van der Waals surface area contributed by atoms with Crippen LogP contribution >= 0.6 is 21.6 Å². The maximum absolute atomic E-state index is 15.0. The van der Waals surface area contributed by atoms with Crippen molar-refractivity contribution in [2.45, 2.75) is 60.0 Å². The number of amides is 2. The fourth-order valence-electron chi connectivity index (χ4n) is 8.19. The Labute approximate surface area is 315 Å². The normalized spacial score (nSPS) is 24.4. The lowest BCUT2D eigenvalue weighted by Gasteiger charge is -2.53. The van der Waals surface area contributed by atoms with Crippen LogP contribution in [0.15, 0.2) is 108 Å². The van der Waals surface area contributed by atoms with Crippen molar-refractivity contribution in [3.63, 3.8) is 0 Å². The maximum atomic E-state index is 15.0. The van der Waals surface area contributed by atoms with E-state index in [4.69, 9.17) is 4.74 Å². The average Bonchev–Trinajstić information content (AvgIpc) is 3.84. The first-order valence-corrected chi connectivity index (χ1v) is 21.1. The minimum absolute atomic E-state index is 0.0617. The Balaban J connectivity index is 1.00. The maximum Gasteiger partial charge on any atom is 0.266 e. The molecular formula is C39H36N6O5S3. The summed E-state index contributed by atoms with van der Waals surface area (Å²) in [5.41, 5.74) is 5.19. The topological polar surface area (TPSA) is 118 Å². The average molecular weight is 765 g/mol. The molecule has 1 spiro atoms. The highest BCUT2D eigenvalue weighted by molar-refractivity contribution is 8.78. The number of rotatable bonds is 9. The zero-order valence-electron chi connectivity index (χ0n) is 29.2. The van der Waals surface area contributed by atoms with Gasteiger partial charge < -0.3 is 9.64 Å². The zero-order chi connectivity index (χ0) is 36.7. The summed E-state index contributed by atoms with van der Waals surface area (Å²) in [5, 5.41) is 7.79. The van der Waals surface area contributed by atoms with Crippen molar-refractivity contribution < 1.29 is 22.7 Å². The molecule has 4 atom stereocenters. The predicted octanol–water partition coefficient (Wildman–Crippen LogP) is 5.97. The van der Waals surface area contributed by atoms with Crippen LogP contribution in [0.5, 0.6) is 5.75 Å². The van der Waals surface area contributed by atoms with Crippen LogP contribution in [0.2, 0.25) is 0 Å². The highest BCUT2D eigenvalue weighted by Crippen LogP contribution is 2.69. The Morgan fingerprint density at radius 3 is 2.34 bits per heavy atom. The summed E-state index contributed by atoms with van der Waals surface area (Å²) in [6, 6.07) is 30.0. The quantitative estimate of drug-likeness (QED) is 0.132. The molecule has 2 bridgehead atoms. The number of hydrogen-bond donors (Lipinski definition) is 0. The van der Waals surface area contributed by atoms with Gasteiger partial charge in [-0.25, -0.2) is 12.7 Å². The van der Waals surface area contributed by atoms with Crippen molar-refractivity contribution in [2.24, 2.45) is 0 Å². The number of fused-ring (bicyclic) bond motifs is 5. The van der Waals surface area contributed by atoms with Crippen molar-refractivity contribution in [1.82, 2.24) is 24.8 Å². The lowest BCUT2D eigenvalue weighted by molar-refractivity contribution is -0.158. The summed E-state index contributed by atoms with van der Waals surface area (Å²) < 4.78 is 39.1. The van der Waals surface area contributed by atoms with E-state index in [1.807, 2.05) is 86.8 Å². The lowest BCUT2D eigenvalue weighted by Crippen LogP contribution is -2.72. The molecule has 0 aliphatic carbocycles. The second-order valence-electron chi connectivity index (χ2n) is 14.1. The van der Waals surface area contributed by atoms with Gasteiger partial charge in [-0.05, 0) is 55.3 Å². The number of piperazine rings is 1. The van der Waals surface area contributed by atoms with E-state index < -0.39 is 31.8 Å².